The first-order chi connectivity index (χ1) is 21.2. The van der Waals surface area contributed by atoms with Crippen molar-refractivity contribution in [1.82, 2.24) is 16.1 Å². The third-order valence-corrected chi connectivity index (χ3v) is 7.41. The zero-order chi connectivity index (χ0) is 31.6. The second-order valence-corrected chi connectivity index (χ2v) is 11.0. The van der Waals surface area contributed by atoms with E-state index in [2.05, 4.69) is 43.2 Å². The molecule has 0 spiro atoms. The smallest absolute Gasteiger partial charge is 0.338 e. The number of carbonyl (C=O) groups is 2. The molecular weight excluding hydrogens is 648 g/mol. The van der Waals surface area contributed by atoms with Gasteiger partial charge in [-0.05, 0) is 72.7 Å². The number of amides is 1. The fourth-order valence-electron chi connectivity index (χ4n) is 4.49. The van der Waals surface area contributed by atoms with E-state index in [1.54, 1.807) is 51.3 Å². The van der Waals surface area contributed by atoms with Crippen LogP contribution >= 0.6 is 28.1 Å². The number of halogens is 1. The number of para-hydroxylation sites is 1. The first-order valence-corrected chi connectivity index (χ1v) is 14.9. The van der Waals surface area contributed by atoms with Crippen LogP contribution in [0.25, 0.3) is 0 Å². The van der Waals surface area contributed by atoms with Crippen LogP contribution in [0.4, 0.5) is 0 Å². The Morgan fingerprint density at radius 1 is 1.05 bits per heavy atom. The minimum absolute atomic E-state index is 0.223. The molecule has 3 aromatic carbocycles. The van der Waals surface area contributed by atoms with Crippen LogP contribution in [-0.4, -0.2) is 43.5 Å². The van der Waals surface area contributed by atoms with Crippen molar-refractivity contribution in [2.24, 2.45) is 5.10 Å². The van der Waals surface area contributed by atoms with Gasteiger partial charge in [0.2, 0.25) is 0 Å². The van der Waals surface area contributed by atoms with Gasteiger partial charge in [0.25, 0.3) is 5.91 Å². The molecule has 0 aromatic heterocycles. The van der Waals surface area contributed by atoms with Gasteiger partial charge in [0.15, 0.2) is 23.2 Å². The molecule has 0 fully saturated rings. The number of nitrogens with one attached hydrogen (secondary N) is 3. The molecule has 1 amide bonds. The molecule has 0 radical (unpaired) electrons. The molecule has 1 heterocycles. The zero-order valence-electron chi connectivity index (χ0n) is 24.7. The Hall–Kier alpha value is -4.42. The van der Waals surface area contributed by atoms with Crippen LogP contribution in [0.2, 0.25) is 0 Å². The average Bonchev–Trinajstić information content (AvgIpc) is 2.99. The number of hydrogen-bond donors (Lipinski definition) is 3. The highest BCUT2D eigenvalue weighted by molar-refractivity contribution is 9.10. The summed E-state index contributed by atoms with van der Waals surface area (Å²) in [6.45, 7) is 5.81. The highest BCUT2D eigenvalue weighted by Gasteiger charge is 2.32. The molecule has 0 aliphatic carbocycles. The molecule has 10 nitrogen and oxygen atoms in total. The third-order valence-electron chi connectivity index (χ3n) is 6.51. The number of hydrogen-bond acceptors (Lipinski definition) is 8. The Balaban J connectivity index is 1.40. The van der Waals surface area contributed by atoms with Crippen molar-refractivity contribution in [1.29, 1.82) is 0 Å². The molecule has 1 aliphatic rings. The van der Waals surface area contributed by atoms with Gasteiger partial charge in [-0.25, -0.2) is 10.2 Å². The average molecular weight is 682 g/mol. The van der Waals surface area contributed by atoms with Gasteiger partial charge in [0, 0.05) is 21.3 Å². The van der Waals surface area contributed by atoms with Gasteiger partial charge in [0.1, 0.15) is 12.4 Å². The number of esters is 1. The highest BCUT2D eigenvalue weighted by Crippen LogP contribution is 2.35. The molecule has 0 bridgehead atoms. The monoisotopic (exact) mass is 680 g/mol. The standard InChI is InChI=1S/C32H33BrN4O6S/c1-5-41-31(39)29-20(3)35-32(44)36-30(29)23-11-6-7-12-25(23)43-18-28(38)37-34-16-22-14-26(40-4)27(15-24(22)33)42-17-21-10-8-9-19(2)13-21/h6-16,30H,5,17-18H2,1-4H3,(H,37,38)(H2,35,36,44)/t30-/m1/s1. The lowest BCUT2D eigenvalue weighted by Gasteiger charge is -2.30. The lowest BCUT2D eigenvalue weighted by molar-refractivity contribution is -0.139. The van der Waals surface area contributed by atoms with Gasteiger partial charge in [0.05, 0.1) is 31.5 Å². The van der Waals surface area contributed by atoms with Crippen molar-refractivity contribution in [3.05, 3.63) is 98.7 Å². The molecule has 0 saturated heterocycles. The van der Waals surface area contributed by atoms with Crippen LogP contribution in [0.1, 0.15) is 42.1 Å². The summed E-state index contributed by atoms with van der Waals surface area (Å²) >= 11 is 8.86. The van der Waals surface area contributed by atoms with E-state index in [0.29, 0.717) is 55.8 Å². The number of allylic oxidation sites excluding steroid dienone is 1. The van der Waals surface area contributed by atoms with E-state index in [1.165, 1.54) is 6.21 Å². The van der Waals surface area contributed by atoms with Gasteiger partial charge in [-0.15, -0.1) is 0 Å². The van der Waals surface area contributed by atoms with E-state index >= 15 is 0 Å². The lowest BCUT2D eigenvalue weighted by atomic mass is 9.95. The Morgan fingerprint density at radius 2 is 1.84 bits per heavy atom. The SMILES string of the molecule is CCOC(=O)C1=C(C)NC(=S)N[C@@H]1c1ccccc1OCC(=O)NN=Cc1cc(OC)c(OCc2cccc(C)c2)cc1Br. The number of methoxy groups -OCH3 is 1. The normalized spacial score (nSPS) is 14.5. The van der Waals surface area contributed by atoms with Gasteiger partial charge < -0.3 is 29.6 Å². The largest absolute Gasteiger partial charge is 0.493 e. The number of thiocarbonyl (C=S) groups is 1. The number of hydrazone groups is 1. The van der Waals surface area contributed by atoms with Gasteiger partial charge in [-0.3, -0.25) is 4.79 Å². The van der Waals surface area contributed by atoms with E-state index in [-0.39, 0.29) is 13.2 Å². The lowest BCUT2D eigenvalue weighted by Crippen LogP contribution is -2.45. The third kappa shape index (κ3) is 8.35. The van der Waals surface area contributed by atoms with Crippen LogP contribution in [-0.2, 0) is 20.9 Å². The number of nitrogens with zero attached hydrogens (tertiary/aromatic N) is 1. The van der Waals surface area contributed by atoms with Gasteiger partial charge >= 0.3 is 5.97 Å². The number of ether oxygens (including phenoxy) is 4. The van der Waals surface area contributed by atoms with Crippen LogP contribution < -0.4 is 30.3 Å². The summed E-state index contributed by atoms with van der Waals surface area (Å²) in [6.07, 6.45) is 1.49. The van der Waals surface area contributed by atoms with E-state index in [1.807, 2.05) is 31.2 Å². The number of benzene rings is 3. The Bertz CT molecular complexity index is 1610. The van der Waals surface area contributed by atoms with E-state index in [9.17, 15) is 9.59 Å². The number of rotatable bonds is 12. The predicted octanol–water partition coefficient (Wildman–Crippen LogP) is 5.23. The topological polar surface area (TPSA) is 120 Å². The van der Waals surface area contributed by atoms with E-state index in [4.69, 9.17) is 31.2 Å². The Morgan fingerprint density at radius 3 is 2.59 bits per heavy atom. The molecule has 12 heteroatoms. The van der Waals surface area contributed by atoms with Crippen molar-refractivity contribution in [2.45, 2.75) is 33.4 Å². The van der Waals surface area contributed by atoms with Gasteiger partial charge in [-0.2, -0.15) is 5.10 Å². The molecule has 1 aliphatic heterocycles. The first-order valence-electron chi connectivity index (χ1n) is 13.7. The molecule has 0 saturated carbocycles. The summed E-state index contributed by atoms with van der Waals surface area (Å²) < 4.78 is 23.3. The van der Waals surface area contributed by atoms with Gasteiger partial charge in [-0.1, -0.05) is 48.0 Å². The van der Waals surface area contributed by atoms with Crippen molar-refractivity contribution in [2.75, 3.05) is 20.3 Å². The molecule has 3 N–H and O–H groups in total. The fraction of sp³-hybridized carbons (Fsp3) is 0.250. The van der Waals surface area contributed by atoms with E-state index in [0.717, 1.165) is 11.1 Å². The summed E-state index contributed by atoms with van der Waals surface area (Å²) in [5.74, 6) is 0.522. The summed E-state index contributed by atoms with van der Waals surface area (Å²) in [5, 5.41) is 10.5. The maximum absolute atomic E-state index is 12.8. The first kappa shape index (κ1) is 32.5. The molecule has 4 rings (SSSR count). The summed E-state index contributed by atoms with van der Waals surface area (Å²) in [4.78, 5) is 25.4. The zero-order valence-corrected chi connectivity index (χ0v) is 27.1. The van der Waals surface area contributed by atoms with Crippen molar-refractivity contribution in [3.63, 3.8) is 0 Å². The second-order valence-electron chi connectivity index (χ2n) is 9.71. The molecule has 3 aromatic rings. The summed E-state index contributed by atoms with van der Waals surface area (Å²) in [6, 6.07) is 18.1. The fourth-order valence-corrected chi connectivity index (χ4v) is 5.19. The predicted molar refractivity (Wildman–Crippen MR) is 175 cm³/mol. The maximum atomic E-state index is 12.8. The number of carbonyl (C=O) groups excluding carboxylic acids is 2. The van der Waals surface area contributed by atoms with Crippen molar-refractivity contribution < 1.29 is 28.5 Å². The number of aryl methyl sites for hydroxylation is 1. The minimum Gasteiger partial charge on any atom is -0.493 e. The van der Waals surface area contributed by atoms with Crippen molar-refractivity contribution in [3.8, 4) is 17.2 Å². The summed E-state index contributed by atoms with van der Waals surface area (Å²) in [5.41, 5.74) is 6.91. The van der Waals surface area contributed by atoms with E-state index < -0.39 is 17.9 Å². The maximum Gasteiger partial charge on any atom is 0.338 e. The molecule has 0 unspecified atom stereocenters. The molecule has 44 heavy (non-hydrogen) atoms. The highest BCUT2D eigenvalue weighted by atomic mass is 79.9. The van der Waals surface area contributed by atoms with Crippen molar-refractivity contribution >= 4 is 51.4 Å². The van der Waals surface area contributed by atoms with Crippen LogP contribution in [0.3, 0.4) is 0 Å². The molecule has 1 atom stereocenters. The minimum atomic E-state index is -0.629. The van der Waals surface area contributed by atoms with Crippen LogP contribution in [0, 0.1) is 6.92 Å². The quantitative estimate of drug-likeness (QED) is 0.102. The molecular formula is C32H33BrN4O6S. The van der Waals surface area contributed by atoms with Crippen LogP contribution in [0.5, 0.6) is 17.2 Å². The molecule has 230 valence electrons. The Labute approximate surface area is 269 Å². The second kappa shape index (κ2) is 15.3. The summed E-state index contributed by atoms with van der Waals surface area (Å²) in [7, 11) is 1.56. The van der Waals surface area contributed by atoms with Crippen LogP contribution in [0.15, 0.2) is 81.5 Å². The Kier molecular flexibility index (Phi) is 11.3.